The molecule has 2 heterocycles. The Kier molecular flexibility index (Phi) is 4.04. The lowest BCUT2D eigenvalue weighted by Gasteiger charge is -2.34. The molecule has 0 aliphatic carbocycles. The zero-order chi connectivity index (χ0) is 13.1. The number of piperidine rings is 1. The fourth-order valence-electron chi connectivity index (χ4n) is 2.35. The fraction of sp³-hybridized carbons (Fsp3) is 0.615. The van der Waals surface area contributed by atoms with Crippen molar-refractivity contribution in [3.8, 4) is 0 Å². The summed E-state index contributed by atoms with van der Waals surface area (Å²) in [6, 6.07) is 1.93. The SMILES string of the molecule is COC(=O)c1ccoc1CN1CCC(N)C(C)C1. The van der Waals surface area contributed by atoms with E-state index in [0.29, 0.717) is 23.8 Å². The minimum atomic E-state index is -0.347. The van der Waals surface area contributed by atoms with Gasteiger partial charge in [0.05, 0.1) is 19.9 Å². The van der Waals surface area contributed by atoms with E-state index in [-0.39, 0.29) is 12.0 Å². The molecule has 5 nitrogen and oxygen atoms in total. The lowest BCUT2D eigenvalue weighted by molar-refractivity contribution is 0.0594. The summed E-state index contributed by atoms with van der Waals surface area (Å²) in [5.41, 5.74) is 6.50. The van der Waals surface area contributed by atoms with Crippen LogP contribution in [-0.4, -0.2) is 37.1 Å². The van der Waals surface area contributed by atoms with Crippen molar-refractivity contribution in [1.82, 2.24) is 4.90 Å². The van der Waals surface area contributed by atoms with E-state index in [4.69, 9.17) is 14.9 Å². The highest BCUT2D eigenvalue weighted by atomic mass is 16.5. The highest BCUT2D eigenvalue weighted by Crippen LogP contribution is 2.20. The van der Waals surface area contributed by atoms with Gasteiger partial charge in [0.1, 0.15) is 11.3 Å². The van der Waals surface area contributed by atoms with Gasteiger partial charge in [0, 0.05) is 19.1 Å². The summed E-state index contributed by atoms with van der Waals surface area (Å²) in [6.07, 6.45) is 2.51. The Morgan fingerprint density at radius 3 is 3.11 bits per heavy atom. The zero-order valence-electron chi connectivity index (χ0n) is 10.9. The molecular weight excluding hydrogens is 232 g/mol. The second-order valence-electron chi connectivity index (χ2n) is 4.91. The summed E-state index contributed by atoms with van der Waals surface area (Å²) in [5.74, 6) is 0.792. The molecule has 1 saturated heterocycles. The summed E-state index contributed by atoms with van der Waals surface area (Å²) in [5, 5.41) is 0. The van der Waals surface area contributed by atoms with E-state index in [2.05, 4.69) is 11.8 Å². The first-order valence-corrected chi connectivity index (χ1v) is 6.24. The van der Waals surface area contributed by atoms with Gasteiger partial charge in [-0.1, -0.05) is 6.92 Å². The van der Waals surface area contributed by atoms with Crippen LogP contribution in [0.2, 0.25) is 0 Å². The number of nitrogens with zero attached hydrogens (tertiary/aromatic N) is 1. The first-order valence-electron chi connectivity index (χ1n) is 6.24. The molecule has 2 atom stereocenters. The summed E-state index contributed by atoms with van der Waals surface area (Å²) in [4.78, 5) is 13.8. The highest BCUT2D eigenvalue weighted by Gasteiger charge is 2.25. The Labute approximate surface area is 107 Å². The van der Waals surface area contributed by atoms with Crippen LogP contribution < -0.4 is 5.73 Å². The first kappa shape index (κ1) is 13.1. The Morgan fingerprint density at radius 1 is 1.67 bits per heavy atom. The number of ether oxygens (including phenoxy) is 1. The maximum absolute atomic E-state index is 11.5. The molecule has 1 aromatic rings. The van der Waals surface area contributed by atoms with Crippen LogP contribution in [0.1, 0.15) is 29.5 Å². The molecule has 1 aromatic heterocycles. The van der Waals surface area contributed by atoms with Gasteiger partial charge in [0.2, 0.25) is 0 Å². The van der Waals surface area contributed by atoms with Crippen LogP contribution in [0, 0.1) is 5.92 Å². The van der Waals surface area contributed by atoms with Gasteiger partial charge in [0.25, 0.3) is 0 Å². The summed E-state index contributed by atoms with van der Waals surface area (Å²) < 4.78 is 10.1. The maximum atomic E-state index is 11.5. The van der Waals surface area contributed by atoms with Gasteiger partial charge in [-0.2, -0.15) is 0 Å². The van der Waals surface area contributed by atoms with E-state index < -0.39 is 0 Å². The zero-order valence-corrected chi connectivity index (χ0v) is 10.9. The number of likely N-dealkylation sites (tertiary alicyclic amines) is 1. The highest BCUT2D eigenvalue weighted by molar-refractivity contribution is 5.90. The van der Waals surface area contributed by atoms with Gasteiger partial charge in [-0.3, -0.25) is 4.90 Å². The number of hydrogen-bond donors (Lipinski definition) is 1. The van der Waals surface area contributed by atoms with E-state index in [1.54, 1.807) is 6.07 Å². The monoisotopic (exact) mass is 252 g/mol. The second kappa shape index (κ2) is 5.54. The lowest BCUT2D eigenvalue weighted by atomic mass is 9.95. The topological polar surface area (TPSA) is 68.7 Å². The molecule has 2 unspecified atom stereocenters. The molecule has 2 rings (SSSR count). The van der Waals surface area contributed by atoms with Gasteiger partial charge in [-0.05, 0) is 18.4 Å². The Hall–Kier alpha value is -1.33. The van der Waals surface area contributed by atoms with E-state index in [9.17, 15) is 4.79 Å². The Bertz CT molecular complexity index is 416. The molecular formula is C13H20N2O3. The minimum Gasteiger partial charge on any atom is -0.467 e. The quantitative estimate of drug-likeness (QED) is 0.820. The number of nitrogens with two attached hydrogens (primary N) is 1. The largest absolute Gasteiger partial charge is 0.467 e. The second-order valence-corrected chi connectivity index (χ2v) is 4.91. The third kappa shape index (κ3) is 2.73. The van der Waals surface area contributed by atoms with Crippen molar-refractivity contribution in [2.24, 2.45) is 11.7 Å². The van der Waals surface area contributed by atoms with Crippen LogP contribution in [0.3, 0.4) is 0 Å². The average molecular weight is 252 g/mol. The van der Waals surface area contributed by atoms with Crippen molar-refractivity contribution in [3.63, 3.8) is 0 Å². The standard InChI is InChI=1S/C13H20N2O3/c1-9-7-15(5-3-11(9)14)8-12-10(4-6-18-12)13(16)17-2/h4,6,9,11H,3,5,7-8,14H2,1-2H3. The molecule has 0 radical (unpaired) electrons. The normalized spacial score (nSPS) is 25.1. The molecule has 2 N–H and O–H groups in total. The van der Waals surface area contributed by atoms with Crippen molar-refractivity contribution < 1.29 is 13.9 Å². The van der Waals surface area contributed by atoms with Gasteiger partial charge < -0.3 is 14.9 Å². The number of furan rings is 1. The first-order chi connectivity index (χ1) is 8.61. The van der Waals surface area contributed by atoms with Crippen molar-refractivity contribution in [2.45, 2.75) is 25.9 Å². The third-order valence-electron chi connectivity index (χ3n) is 3.57. The Balaban J connectivity index is 2.02. The van der Waals surface area contributed by atoms with Gasteiger partial charge in [-0.25, -0.2) is 4.79 Å². The minimum absolute atomic E-state index is 0.276. The fourth-order valence-corrected chi connectivity index (χ4v) is 2.35. The number of hydrogen-bond acceptors (Lipinski definition) is 5. The summed E-state index contributed by atoms with van der Waals surface area (Å²) >= 11 is 0. The maximum Gasteiger partial charge on any atom is 0.341 e. The van der Waals surface area contributed by atoms with Crippen LogP contribution in [-0.2, 0) is 11.3 Å². The predicted octanol–water partition coefficient (Wildman–Crippen LogP) is 1.24. The average Bonchev–Trinajstić information content (AvgIpc) is 2.81. The number of carbonyl (C=O) groups excluding carboxylic acids is 1. The van der Waals surface area contributed by atoms with E-state index in [0.717, 1.165) is 19.5 Å². The Morgan fingerprint density at radius 2 is 2.44 bits per heavy atom. The lowest BCUT2D eigenvalue weighted by Crippen LogP contribution is -2.45. The third-order valence-corrected chi connectivity index (χ3v) is 3.57. The van der Waals surface area contributed by atoms with E-state index >= 15 is 0 Å². The van der Waals surface area contributed by atoms with Crippen molar-refractivity contribution >= 4 is 5.97 Å². The molecule has 0 spiro atoms. The number of esters is 1. The molecule has 5 heteroatoms. The number of rotatable bonds is 3. The molecule has 1 aliphatic rings. The smallest absolute Gasteiger partial charge is 0.341 e. The molecule has 0 saturated carbocycles. The molecule has 0 amide bonds. The molecule has 18 heavy (non-hydrogen) atoms. The number of methoxy groups -OCH3 is 1. The van der Waals surface area contributed by atoms with Crippen molar-refractivity contribution in [2.75, 3.05) is 20.2 Å². The van der Waals surface area contributed by atoms with E-state index in [1.807, 2.05) is 0 Å². The summed E-state index contributed by atoms with van der Waals surface area (Å²) in [7, 11) is 1.38. The predicted molar refractivity (Wildman–Crippen MR) is 67.1 cm³/mol. The van der Waals surface area contributed by atoms with Gasteiger partial charge in [-0.15, -0.1) is 0 Å². The molecule has 100 valence electrons. The van der Waals surface area contributed by atoms with Crippen LogP contribution in [0.15, 0.2) is 16.7 Å². The molecule has 1 fully saturated rings. The number of carbonyl (C=O) groups is 1. The van der Waals surface area contributed by atoms with Crippen LogP contribution >= 0.6 is 0 Å². The van der Waals surface area contributed by atoms with Gasteiger partial charge >= 0.3 is 5.97 Å². The molecule has 0 aromatic carbocycles. The van der Waals surface area contributed by atoms with Crippen LogP contribution in [0.4, 0.5) is 0 Å². The van der Waals surface area contributed by atoms with Crippen LogP contribution in [0.25, 0.3) is 0 Å². The summed E-state index contributed by atoms with van der Waals surface area (Å²) in [6.45, 7) is 4.66. The molecule has 0 bridgehead atoms. The van der Waals surface area contributed by atoms with Crippen molar-refractivity contribution in [3.05, 3.63) is 23.7 Å². The van der Waals surface area contributed by atoms with Gasteiger partial charge in [0.15, 0.2) is 0 Å². The van der Waals surface area contributed by atoms with E-state index in [1.165, 1.54) is 13.4 Å². The molecule has 1 aliphatic heterocycles. The van der Waals surface area contributed by atoms with Crippen LogP contribution in [0.5, 0.6) is 0 Å². The van der Waals surface area contributed by atoms with Crippen molar-refractivity contribution in [1.29, 1.82) is 0 Å².